The minimum absolute atomic E-state index is 0. The highest BCUT2D eigenvalue weighted by Gasteiger charge is 2.34. The summed E-state index contributed by atoms with van der Waals surface area (Å²) in [7, 11) is 0. The van der Waals surface area contributed by atoms with Crippen LogP contribution in [0.3, 0.4) is 0 Å². The Hall–Kier alpha value is -1.63. The fraction of sp³-hybridized carbons (Fsp3) is 0.842. The molecule has 0 radical (unpaired) electrons. The summed E-state index contributed by atoms with van der Waals surface area (Å²) in [5.41, 5.74) is 0. The number of hydrogen-bond donors (Lipinski definition) is 3. The Morgan fingerprint density at radius 3 is 1.54 bits per heavy atom. The minimum atomic E-state index is -1.56. The molecule has 0 aliphatic heterocycles. The van der Waals surface area contributed by atoms with Crippen LogP contribution < -0.4 is 0 Å². The van der Waals surface area contributed by atoms with Crippen molar-refractivity contribution in [3.05, 3.63) is 0 Å². The van der Waals surface area contributed by atoms with Gasteiger partial charge in [0.05, 0.1) is 6.10 Å². The predicted octanol–water partition coefficient (Wildman–Crippen LogP) is 4.71. The molecule has 164 valence electrons. The number of carbonyl (C=O) groups is 3. The van der Waals surface area contributed by atoms with E-state index in [1.807, 2.05) is 0 Å². The summed E-state index contributed by atoms with van der Waals surface area (Å²) in [5.74, 6) is -5.69. The molecule has 0 aromatic heterocycles. The fourth-order valence-electron chi connectivity index (χ4n) is 2.04. The molecule has 0 aliphatic carbocycles. The highest BCUT2D eigenvalue weighted by Crippen LogP contribution is 2.22. The number of carboxylic acids is 2. The third kappa shape index (κ3) is 17.2. The molecule has 7 heteroatoms. The first-order valence-electron chi connectivity index (χ1n) is 6.49. The number of aliphatic carboxylic acids is 2. The number of carbonyl (C=O) groups excluding carboxylic acids is 1. The van der Waals surface area contributed by atoms with Gasteiger partial charge in [0.1, 0.15) is 6.10 Å². The molecule has 0 aromatic rings. The molecule has 3 atom stereocenters. The van der Waals surface area contributed by atoms with Crippen molar-refractivity contribution in [2.24, 2.45) is 11.8 Å². The maximum absolute atomic E-state index is 11.0. The summed E-state index contributed by atoms with van der Waals surface area (Å²) in [6, 6.07) is 0. The van der Waals surface area contributed by atoms with Crippen LogP contribution in [0.1, 0.15) is 84.6 Å². The molecule has 0 amide bonds. The average Bonchev–Trinajstić information content (AvgIpc) is 2.26. The van der Waals surface area contributed by atoms with E-state index in [4.69, 9.17) is 14.9 Å². The maximum atomic E-state index is 11.0. The quantitative estimate of drug-likeness (QED) is 0.387. The standard InChI is InChI=1S/C13H22O7.6CH4/c1-4-9(15)6-10(20-8(3)14)5-7(2)11(12(16)17)13(18)19;;;;;;/h7,9-11,15H,4-6H2,1-3H3,(H,16,17)(H,18,19);6*1H4. The van der Waals surface area contributed by atoms with E-state index in [2.05, 4.69) is 0 Å². The Balaban J connectivity index is -0.000000120. The smallest absolute Gasteiger partial charge is 0.318 e. The molecule has 0 aliphatic rings. The van der Waals surface area contributed by atoms with E-state index in [1.54, 1.807) is 6.92 Å². The first-order valence-corrected chi connectivity index (χ1v) is 6.49. The molecular weight excluding hydrogens is 340 g/mol. The van der Waals surface area contributed by atoms with Crippen LogP contribution in [0.25, 0.3) is 0 Å². The largest absolute Gasteiger partial charge is 0.481 e. The van der Waals surface area contributed by atoms with Gasteiger partial charge >= 0.3 is 17.9 Å². The van der Waals surface area contributed by atoms with Crippen LogP contribution in [0.2, 0.25) is 0 Å². The lowest BCUT2D eigenvalue weighted by molar-refractivity contribution is -0.158. The lowest BCUT2D eigenvalue weighted by Gasteiger charge is -2.24. The number of aliphatic hydroxyl groups excluding tert-OH is 1. The monoisotopic (exact) mass is 386 g/mol. The molecule has 7 nitrogen and oxygen atoms in total. The second kappa shape index (κ2) is 21.4. The molecule has 3 unspecified atom stereocenters. The van der Waals surface area contributed by atoms with E-state index < -0.39 is 42.0 Å². The number of carboxylic acid groups (broad SMARTS) is 2. The summed E-state index contributed by atoms with van der Waals surface area (Å²) in [6.45, 7) is 4.44. The van der Waals surface area contributed by atoms with Gasteiger partial charge in [0.25, 0.3) is 0 Å². The normalized spacial score (nSPS) is 11.9. The van der Waals surface area contributed by atoms with Gasteiger partial charge in [0, 0.05) is 13.3 Å². The summed E-state index contributed by atoms with van der Waals surface area (Å²) in [5, 5.41) is 27.4. The Labute approximate surface area is 161 Å². The topological polar surface area (TPSA) is 121 Å². The van der Waals surface area contributed by atoms with Gasteiger partial charge < -0.3 is 20.1 Å². The zero-order valence-electron chi connectivity index (χ0n) is 11.9. The Bertz CT molecular complexity index is 342. The van der Waals surface area contributed by atoms with E-state index in [0.29, 0.717) is 6.42 Å². The number of aliphatic hydroxyl groups is 1. The van der Waals surface area contributed by atoms with Crippen LogP contribution in [0.5, 0.6) is 0 Å². The Kier molecular flexibility index (Phi) is 36.3. The summed E-state index contributed by atoms with van der Waals surface area (Å²) in [6.07, 6.45) is -0.682. The molecule has 3 N–H and O–H groups in total. The Morgan fingerprint density at radius 2 is 1.27 bits per heavy atom. The Morgan fingerprint density at radius 1 is 0.885 bits per heavy atom. The van der Waals surface area contributed by atoms with Gasteiger partial charge in [0.15, 0.2) is 5.92 Å². The van der Waals surface area contributed by atoms with Crippen molar-refractivity contribution < 1.29 is 34.4 Å². The molecule has 26 heavy (non-hydrogen) atoms. The van der Waals surface area contributed by atoms with Crippen molar-refractivity contribution in [2.45, 2.75) is 96.8 Å². The average molecular weight is 387 g/mol. The molecule has 0 aromatic carbocycles. The molecule has 0 rings (SSSR count). The van der Waals surface area contributed by atoms with Crippen molar-refractivity contribution in [3.8, 4) is 0 Å². The third-order valence-corrected chi connectivity index (χ3v) is 3.07. The van der Waals surface area contributed by atoms with E-state index in [9.17, 15) is 19.5 Å². The van der Waals surface area contributed by atoms with E-state index in [0.717, 1.165) is 0 Å². The van der Waals surface area contributed by atoms with Crippen LogP contribution in [-0.4, -0.2) is 45.4 Å². The second-order valence-corrected chi connectivity index (χ2v) is 4.90. The van der Waals surface area contributed by atoms with Crippen molar-refractivity contribution in [1.29, 1.82) is 0 Å². The maximum Gasteiger partial charge on any atom is 0.318 e. The van der Waals surface area contributed by atoms with E-state index >= 15 is 0 Å². The first-order chi connectivity index (χ1) is 9.18. The zero-order valence-corrected chi connectivity index (χ0v) is 11.9. The van der Waals surface area contributed by atoms with Gasteiger partial charge in [-0.05, 0) is 18.8 Å². The molecule has 0 heterocycles. The highest BCUT2D eigenvalue weighted by molar-refractivity contribution is 5.93. The van der Waals surface area contributed by atoms with Gasteiger partial charge in [0.2, 0.25) is 0 Å². The van der Waals surface area contributed by atoms with Crippen molar-refractivity contribution in [3.63, 3.8) is 0 Å². The number of hydrogen-bond acceptors (Lipinski definition) is 5. The van der Waals surface area contributed by atoms with Crippen LogP contribution in [-0.2, 0) is 19.1 Å². The lowest BCUT2D eigenvalue weighted by atomic mass is 9.87. The highest BCUT2D eigenvalue weighted by atomic mass is 16.5. The predicted molar refractivity (Wildman–Crippen MR) is 109 cm³/mol. The molecular formula is C19H46O7. The number of ether oxygens (including phenoxy) is 1. The first kappa shape index (κ1) is 44.1. The SMILES string of the molecule is C.C.C.C.C.C.CCC(O)CC(CC(C)C(C(=O)O)C(=O)O)OC(C)=O. The van der Waals surface area contributed by atoms with E-state index in [-0.39, 0.29) is 57.4 Å². The lowest BCUT2D eigenvalue weighted by Crippen LogP contribution is -2.33. The second-order valence-electron chi connectivity index (χ2n) is 4.90. The zero-order chi connectivity index (χ0) is 15.9. The number of esters is 1. The minimum Gasteiger partial charge on any atom is -0.481 e. The third-order valence-electron chi connectivity index (χ3n) is 3.07. The fourth-order valence-corrected chi connectivity index (χ4v) is 2.04. The van der Waals surface area contributed by atoms with Crippen molar-refractivity contribution in [1.82, 2.24) is 0 Å². The number of rotatable bonds is 9. The van der Waals surface area contributed by atoms with Crippen molar-refractivity contribution >= 4 is 17.9 Å². The van der Waals surface area contributed by atoms with Gasteiger partial charge in [-0.25, -0.2) is 0 Å². The molecule has 0 bridgehead atoms. The van der Waals surface area contributed by atoms with Gasteiger partial charge in [-0.15, -0.1) is 0 Å². The summed E-state index contributed by atoms with van der Waals surface area (Å²) < 4.78 is 5.02. The molecule has 0 fully saturated rings. The van der Waals surface area contributed by atoms with Crippen LogP contribution >= 0.6 is 0 Å². The summed E-state index contributed by atoms with van der Waals surface area (Å²) in [4.78, 5) is 32.9. The summed E-state index contributed by atoms with van der Waals surface area (Å²) >= 11 is 0. The molecule has 0 saturated carbocycles. The molecule has 0 saturated heterocycles. The van der Waals surface area contributed by atoms with Crippen LogP contribution in [0.15, 0.2) is 0 Å². The van der Waals surface area contributed by atoms with Gasteiger partial charge in [-0.1, -0.05) is 58.4 Å². The molecule has 0 spiro atoms. The van der Waals surface area contributed by atoms with Crippen LogP contribution in [0, 0.1) is 11.8 Å². The van der Waals surface area contributed by atoms with Gasteiger partial charge in [-0.2, -0.15) is 0 Å². The van der Waals surface area contributed by atoms with Crippen LogP contribution in [0.4, 0.5) is 0 Å². The van der Waals surface area contributed by atoms with Crippen molar-refractivity contribution in [2.75, 3.05) is 0 Å². The van der Waals surface area contributed by atoms with E-state index in [1.165, 1.54) is 13.8 Å². The van der Waals surface area contributed by atoms with Gasteiger partial charge in [-0.3, -0.25) is 14.4 Å².